The first-order chi connectivity index (χ1) is 40.0. The highest BCUT2D eigenvalue weighted by Gasteiger charge is 2.52. The Hall–Kier alpha value is -11.3. The van der Waals surface area contributed by atoms with Crippen molar-refractivity contribution in [3.05, 3.63) is 288 Å². The van der Waals surface area contributed by atoms with Gasteiger partial charge in [-0.2, -0.15) is 5.26 Å². The number of nitrogens with zero attached hydrogens (tertiary/aromatic N) is 7. The van der Waals surface area contributed by atoms with E-state index in [2.05, 4.69) is 219 Å². The molecule has 0 N–H and O–H groups in total. The Labute approximate surface area is 464 Å². The minimum atomic E-state index is -0.815. The maximum absolute atomic E-state index is 10.0. The summed E-state index contributed by atoms with van der Waals surface area (Å²) in [7, 11) is 0. The summed E-state index contributed by atoms with van der Waals surface area (Å²) < 4.78 is 14.1. The molecule has 1 aliphatic heterocycles. The Kier molecular flexibility index (Phi) is 9.31. The Balaban J connectivity index is 0.806. The van der Waals surface area contributed by atoms with E-state index in [1.165, 1.54) is 21.8 Å². The molecule has 6 heterocycles. The maximum atomic E-state index is 10.0. The smallest absolute Gasteiger partial charge is 0.188 e. The van der Waals surface area contributed by atoms with E-state index in [0.29, 0.717) is 11.3 Å². The van der Waals surface area contributed by atoms with Gasteiger partial charge in [0.1, 0.15) is 11.5 Å². The molecule has 2 aliphatic rings. The standard InChI is InChI=1S/C73H41N7O/c1-75-49-24-33-68-58(42-49)57-39-46(22-32-67(57)80(68)52-27-25-51(26-28-52)79-63-17-7-5-13-53(63)54-14-6-8-18-64(54)79)48-20-29-59-70(41-48)81-69-34-23-47(40-62(69)73(59)60-15-9-35-76-71(60)72-61(73)16-10-36-77-72)45-21-31-66-56(38-45)55-37-44(43-74)19-30-65(55)78(66)50-11-3-2-4-12-50/h2-42H. The molecular weight excluding hydrogens is 991 g/mol. The largest absolute Gasteiger partial charge is 0.457 e. The highest BCUT2D eigenvalue weighted by molar-refractivity contribution is 6.13. The summed E-state index contributed by atoms with van der Waals surface area (Å²) in [5.74, 6) is 1.51. The molecule has 374 valence electrons. The van der Waals surface area contributed by atoms with Gasteiger partial charge in [-0.1, -0.05) is 103 Å². The molecule has 15 aromatic rings. The van der Waals surface area contributed by atoms with E-state index in [9.17, 15) is 5.26 Å². The first-order valence-corrected chi connectivity index (χ1v) is 27.0. The van der Waals surface area contributed by atoms with Crippen molar-refractivity contribution >= 4 is 71.1 Å². The van der Waals surface area contributed by atoms with Crippen LogP contribution in [0.5, 0.6) is 11.5 Å². The lowest BCUT2D eigenvalue weighted by molar-refractivity contribution is 0.436. The van der Waals surface area contributed by atoms with Gasteiger partial charge in [-0.25, -0.2) is 4.85 Å². The summed E-state index contributed by atoms with van der Waals surface area (Å²) in [5.41, 5.74) is 20.0. The lowest BCUT2D eigenvalue weighted by Gasteiger charge is -2.39. The third-order valence-corrected chi connectivity index (χ3v) is 17.0. The van der Waals surface area contributed by atoms with Crippen molar-refractivity contribution in [3.8, 4) is 68.3 Å². The minimum Gasteiger partial charge on any atom is -0.457 e. The topological polar surface area (TPSA) is 78.0 Å². The molecular formula is C73H41N7O. The monoisotopic (exact) mass is 1030 g/mol. The molecule has 17 rings (SSSR count). The van der Waals surface area contributed by atoms with Crippen LogP contribution in [0.3, 0.4) is 0 Å². The second-order valence-electron chi connectivity index (χ2n) is 21.1. The Morgan fingerprint density at radius 2 is 0.864 bits per heavy atom. The number of fused-ring (bicyclic) bond motifs is 18. The van der Waals surface area contributed by atoms with Gasteiger partial charge in [0.2, 0.25) is 0 Å². The molecule has 0 unspecified atom stereocenters. The van der Waals surface area contributed by atoms with E-state index in [4.69, 9.17) is 21.3 Å². The molecule has 81 heavy (non-hydrogen) atoms. The van der Waals surface area contributed by atoms with E-state index in [-0.39, 0.29) is 0 Å². The summed E-state index contributed by atoms with van der Waals surface area (Å²) in [6, 6.07) is 85.7. The van der Waals surface area contributed by atoms with Crippen molar-refractivity contribution in [2.75, 3.05) is 0 Å². The van der Waals surface area contributed by atoms with Gasteiger partial charge in [-0.3, -0.25) is 9.97 Å². The fraction of sp³-hybridized carbons (Fsp3) is 0.0137. The minimum absolute atomic E-state index is 0.592. The Morgan fingerprint density at radius 3 is 1.47 bits per heavy atom. The van der Waals surface area contributed by atoms with Gasteiger partial charge >= 0.3 is 0 Å². The number of pyridine rings is 2. The van der Waals surface area contributed by atoms with Crippen LogP contribution in [-0.2, 0) is 5.41 Å². The fourth-order valence-electron chi connectivity index (χ4n) is 13.6. The van der Waals surface area contributed by atoms with Gasteiger partial charge in [0, 0.05) is 67.5 Å². The van der Waals surface area contributed by atoms with Crippen LogP contribution in [0.15, 0.2) is 249 Å². The van der Waals surface area contributed by atoms with Crippen LogP contribution in [0.4, 0.5) is 5.69 Å². The fourth-order valence-corrected chi connectivity index (χ4v) is 13.6. The summed E-state index contributed by atoms with van der Waals surface area (Å²) >= 11 is 0. The van der Waals surface area contributed by atoms with E-state index in [0.717, 1.165) is 128 Å². The molecule has 8 nitrogen and oxygen atoms in total. The molecule has 0 saturated heterocycles. The predicted octanol–water partition coefficient (Wildman–Crippen LogP) is 18.0. The number of hydrogen-bond donors (Lipinski definition) is 0. The number of hydrogen-bond acceptors (Lipinski definition) is 4. The molecule has 1 spiro atoms. The number of aromatic nitrogens is 5. The van der Waals surface area contributed by atoms with Gasteiger partial charge in [-0.15, -0.1) is 0 Å². The zero-order valence-electron chi connectivity index (χ0n) is 43.2. The van der Waals surface area contributed by atoms with E-state index >= 15 is 0 Å². The van der Waals surface area contributed by atoms with Crippen molar-refractivity contribution in [1.29, 1.82) is 5.26 Å². The normalized spacial score (nSPS) is 12.9. The molecule has 0 fully saturated rings. The van der Waals surface area contributed by atoms with Crippen molar-refractivity contribution < 1.29 is 4.74 Å². The number of para-hydroxylation sites is 3. The third-order valence-electron chi connectivity index (χ3n) is 17.0. The van der Waals surface area contributed by atoms with Crippen molar-refractivity contribution in [2.45, 2.75) is 5.41 Å². The molecule has 0 bridgehead atoms. The predicted molar refractivity (Wildman–Crippen MR) is 324 cm³/mol. The molecule has 0 saturated carbocycles. The molecule has 1 aliphatic carbocycles. The average molecular weight is 1030 g/mol. The van der Waals surface area contributed by atoms with Crippen molar-refractivity contribution in [1.82, 2.24) is 23.7 Å². The number of rotatable bonds is 5. The SMILES string of the molecule is [C-]#[N+]c1ccc2c(c1)c1cc(-c3ccc4c(c3)Oc3ccc(-c5ccc6c(c5)c5cc(C#N)ccc5n6-c5ccccc5)cc3C43c4cccnc4-c4ncccc43)ccc1n2-c1ccc(-n2c3ccccc3c3ccccc32)cc1. The second-order valence-corrected chi connectivity index (χ2v) is 21.1. The van der Waals surface area contributed by atoms with E-state index in [1.54, 1.807) is 0 Å². The first-order valence-electron chi connectivity index (χ1n) is 27.0. The van der Waals surface area contributed by atoms with Gasteiger partial charge in [-0.05, 0) is 172 Å². The molecule has 0 amide bonds. The number of nitriles is 1. The van der Waals surface area contributed by atoms with Crippen LogP contribution < -0.4 is 4.74 Å². The van der Waals surface area contributed by atoms with Crippen LogP contribution in [0.25, 0.3) is 121 Å². The molecule has 0 radical (unpaired) electrons. The summed E-state index contributed by atoms with van der Waals surface area (Å²) in [6.07, 6.45) is 3.71. The third kappa shape index (κ3) is 6.27. The molecule has 10 aromatic carbocycles. The molecule has 8 heteroatoms. The number of benzene rings is 10. The van der Waals surface area contributed by atoms with Gasteiger partial charge in [0.25, 0.3) is 0 Å². The van der Waals surface area contributed by atoms with Gasteiger partial charge in [0.05, 0.1) is 68.1 Å². The maximum Gasteiger partial charge on any atom is 0.188 e. The first kappa shape index (κ1) is 44.8. The van der Waals surface area contributed by atoms with Crippen LogP contribution in [0, 0.1) is 17.9 Å². The number of ether oxygens (including phenoxy) is 1. The Morgan fingerprint density at radius 1 is 0.383 bits per heavy atom. The molecule has 5 aromatic heterocycles. The van der Waals surface area contributed by atoms with Crippen LogP contribution >= 0.6 is 0 Å². The van der Waals surface area contributed by atoms with Gasteiger partial charge in [0.15, 0.2) is 5.69 Å². The highest BCUT2D eigenvalue weighted by atomic mass is 16.5. The van der Waals surface area contributed by atoms with Gasteiger partial charge < -0.3 is 18.4 Å². The Bertz CT molecular complexity index is 5200. The molecule has 0 atom stereocenters. The van der Waals surface area contributed by atoms with Crippen molar-refractivity contribution in [3.63, 3.8) is 0 Å². The van der Waals surface area contributed by atoms with Crippen molar-refractivity contribution in [2.24, 2.45) is 0 Å². The van der Waals surface area contributed by atoms with Crippen LogP contribution in [0.2, 0.25) is 0 Å². The van der Waals surface area contributed by atoms with Crippen LogP contribution in [0.1, 0.15) is 27.8 Å². The van der Waals surface area contributed by atoms with E-state index < -0.39 is 5.41 Å². The average Bonchev–Trinajstić information content (AvgIpc) is 3.02. The van der Waals surface area contributed by atoms with Crippen LogP contribution in [-0.4, -0.2) is 23.7 Å². The lowest BCUT2D eigenvalue weighted by atomic mass is 9.66. The summed E-state index contributed by atoms with van der Waals surface area (Å²) in [5, 5.41) is 16.6. The second kappa shape index (κ2) is 16.8. The summed E-state index contributed by atoms with van der Waals surface area (Å²) in [4.78, 5) is 13.9. The highest BCUT2D eigenvalue weighted by Crippen LogP contribution is 2.62. The van der Waals surface area contributed by atoms with E-state index in [1.807, 2.05) is 54.9 Å². The quantitative estimate of drug-likeness (QED) is 0.161. The zero-order chi connectivity index (χ0) is 53.5. The zero-order valence-corrected chi connectivity index (χ0v) is 43.2. The lowest BCUT2D eigenvalue weighted by Crippen LogP contribution is -2.32. The summed E-state index contributed by atoms with van der Waals surface area (Å²) in [6.45, 7) is 8.02.